The fraction of sp³-hybridized carbons (Fsp3) is 0.214. The van der Waals surface area contributed by atoms with Gasteiger partial charge in [0, 0.05) is 18.2 Å². The molecule has 1 aromatic heterocycles. The zero-order valence-electron chi connectivity index (χ0n) is 11.3. The van der Waals surface area contributed by atoms with Crippen molar-refractivity contribution in [1.29, 1.82) is 0 Å². The van der Waals surface area contributed by atoms with Gasteiger partial charge in [-0.1, -0.05) is 0 Å². The predicted octanol–water partition coefficient (Wildman–Crippen LogP) is 2.28. The summed E-state index contributed by atoms with van der Waals surface area (Å²) < 4.78 is 5.08. The normalized spacial score (nSPS) is 10.1. The van der Waals surface area contributed by atoms with Crippen molar-refractivity contribution in [2.45, 2.75) is 6.92 Å². The van der Waals surface area contributed by atoms with Gasteiger partial charge in [0.2, 0.25) is 0 Å². The first-order valence-electron chi connectivity index (χ1n) is 6.14. The van der Waals surface area contributed by atoms with Crippen LogP contribution in [0.4, 0.5) is 5.82 Å². The largest absolute Gasteiger partial charge is 0.497 e. The summed E-state index contributed by atoms with van der Waals surface area (Å²) in [7, 11) is 1.58. The lowest BCUT2D eigenvalue weighted by Gasteiger charge is -2.07. The van der Waals surface area contributed by atoms with Crippen LogP contribution in [0.5, 0.6) is 5.75 Å². The SMILES string of the molecule is CCNc1cc(C(=O)O)nc(-c2ccc(OC)cc2)n1. The van der Waals surface area contributed by atoms with E-state index in [1.165, 1.54) is 6.07 Å². The van der Waals surface area contributed by atoms with E-state index in [1.807, 2.05) is 6.92 Å². The van der Waals surface area contributed by atoms with Gasteiger partial charge in [0.1, 0.15) is 11.6 Å². The zero-order chi connectivity index (χ0) is 14.5. The van der Waals surface area contributed by atoms with Crippen LogP contribution in [0.15, 0.2) is 30.3 Å². The maximum atomic E-state index is 11.1. The summed E-state index contributed by atoms with van der Waals surface area (Å²) in [5.41, 5.74) is 0.690. The van der Waals surface area contributed by atoms with E-state index in [4.69, 9.17) is 9.84 Å². The van der Waals surface area contributed by atoms with Crippen molar-refractivity contribution in [2.75, 3.05) is 19.0 Å². The Morgan fingerprint density at radius 1 is 1.30 bits per heavy atom. The van der Waals surface area contributed by atoms with Crippen LogP contribution in [-0.4, -0.2) is 34.7 Å². The van der Waals surface area contributed by atoms with Crippen LogP contribution >= 0.6 is 0 Å². The molecule has 104 valence electrons. The van der Waals surface area contributed by atoms with E-state index in [0.717, 1.165) is 11.3 Å². The quantitative estimate of drug-likeness (QED) is 0.869. The van der Waals surface area contributed by atoms with Crippen LogP contribution in [0.2, 0.25) is 0 Å². The van der Waals surface area contributed by atoms with Crippen molar-refractivity contribution in [3.05, 3.63) is 36.0 Å². The standard InChI is InChI=1S/C14H15N3O3/c1-3-15-12-8-11(14(18)19)16-13(17-12)9-4-6-10(20-2)7-5-9/h4-8H,3H2,1-2H3,(H,18,19)(H,15,16,17). The molecule has 2 aromatic rings. The van der Waals surface area contributed by atoms with E-state index in [9.17, 15) is 4.79 Å². The van der Waals surface area contributed by atoms with Gasteiger partial charge in [-0.25, -0.2) is 14.8 Å². The number of nitrogens with one attached hydrogen (secondary N) is 1. The van der Waals surface area contributed by atoms with Crippen LogP contribution in [0.1, 0.15) is 17.4 Å². The molecule has 0 atom stereocenters. The molecule has 0 saturated carbocycles. The molecule has 6 heteroatoms. The Labute approximate surface area is 116 Å². The van der Waals surface area contributed by atoms with Crippen molar-refractivity contribution in [1.82, 2.24) is 9.97 Å². The van der Waals surface area contributed by atoms with Gasteiger partial charge in [-0.05, 0) is 31.2 Å². The number of carboxylic acids is 1. The van der Waals surface area contributed by atoms with Crippen LogP contribution in [0.3, 0.4) is 0 Å². The molecule has 0 bridgehead atoms. The van der Waals surface area contributed by atoms with Gasteiger partial charge in [-0.15, -0.1) is 0 Å². The van der Waals surface area contributed by atoms with Gasteiger partial charge >= 0.3 is 5.97 Å². The number of hydrogen-bond acceptors (Lipinski definition) is 5. The number of carboxylic acid groups (broad SMARTS) is 1. The third-order valence-corrected chi connectivity index (χ3v) is 2.65. The molecular formula is C14H15N3O3. The Morgan fingerprint density at radius 2 is 2.00 bits per heavy atom. The second-order valence-electron chi connectivity index (χ2n) is 4.03. The minimum absolute atomic E-state index is 0.0400. The highest BCUT2D eigenvalue weighted by molar-refractivity contribution is 5.87. The van der Waals surface area contributed by atoms with Gasteiger partial charge in [0.05, 0.1) is 7.11 Å². The van der Waals surface area contributed by atoms with Gasteiger partial charge in [0.25, 0.3) is 0 Å². The number of benzene rings is 1. The van der Waals surface area contributed by atoms with E-state index in [0.29, 0.717) is 18.2 Å². The summed E-state index contributed by atoms with van der Waals surface area (Å²) in [5.74, 6) is 0.491. The average Bonchev–Trinajstić information content (AvgIpc) is 2.47. The Balaban J connectivity index is 2.45. The van der Waals surface area contributed by atoms with Crippen LogP contribution in [-0.2, 0) is 0 Å². The first-order chi connectivity index (χ1) is 9.63. The lowest BCUT2D eigenvalue weighted by Crippen LogP contribution is -2.07. The van der Waals surface area contributed by atoms with Gasteiger partial charge in [-0.2, -0.15) is 0 Å². The van der Waals surface area contributed by atoms with E-state index in [2.05, 4.69) is 15.3 Å². The van der Waals surface area contributed by atoms with Crippen molar-refractivity contribution in [2.24, 2.45) is 0 Å². The molecule has 0 aliphatic carbocycles. The molecule has 0 amide bonds. The maximum Gasteiger partial charge on any atom is 0.354 e. The van der Waals surface area contributed by atoms with Crippen LogP contribution in [0.25, 0.3) is 11.4 Å². The maximum absolute atomic E-state index is 11.1. The van der Waals surface area contributed by atoms with Crippen molar-refractivity contribution in [3.63, 3.8) is 0 Å². The number of ether oxygens (including phenoxy) is 1. The summed E-state index contributed by atoms with van der Waals surface area (Å²) in [5, 5.41) is 12.1. The van der Waals surface area contributed by atoms with Gasteiger partial charge in [0.15, 0.2) is 11.5 Å². The highest BCUT2D eigenvalue weighted by atomic mass is 16.5. The molecule has 2 rings (SSSR count). The van der Waals surface area contributed by atoms with Gasteiger partial charge < -0.3 is 15.2 Å². The van der Waals surface area contributed by atoms with Crippen molar-refractivity contribution in [3.8, 4) is 17.1 Å². The number of aromatic carboxylic acids is 1. The molecule has 0 spiro atoms. The van der Waals surface area contributed by atoms with E-state index in [-0.39, 0.29) is 5.69 Å². The smallest absolute Gasteiger partial charge is 0.354 e. The highest BCUT2D eigenvalue weighted by Gasteiger charge is 2.11. The van der Waals surface area contributed by atoms with Gasteiger partial charge in [-0.3, -0.25) is 0 Å². The fourth-order valence-electron chi connectivity index (χ4n) is 1.70. The summed E-state index contributed by atoms with van der Waals surface area (Å²) in [6, 6.07) is 8.54. The first-order valence-corrected chi connectivity index (χ1v) is 6.14. The minimum atomic E-state index is -1.08. The summed E-state index contributed by atoms with van der Waals surface area (Å²) in [6.07, 6.45) is 0. The van der Waals surface area contributed by atoms with E-state index < -0.39 is 5.97 Å². The number of nitrogens with zero attached hydrogens (tertiary/aromatic N) is 2. The Bertz CT molecular complexity index is 612. The van der Waals surface area contributed by atoms with E-state index in [1.54, 1.807) is 31.4 Å². The number of hydrogen-bond donors (Lipinski definition) is 2. The number of aromatic nitrogens is 2. The van der Waals surface area contributed by atoms with Crippen LogP contribution in [0, 0.1) is 0 Å². The van der Waals surface area contributed by atoms with Crippen molar-refractivity contribution >= 4 is 11.8 Å². The zero-order valence-corrected chi connectivity index (χ0v) is 11.3. The lowest BCUT2D eigenvalue weighted by molar-refractivity contribution is 0.0690. The summed E-state index contributed by atoms with van der Waals surface area (Å²) in [4.78, 5) is 19.5. The molecule has 0 aliphatic heterocycles. The Kier molecular flexibility index (Phi) is 4.14. The lowest BCUT2D eigenvalue weighted by atomic mass is 10.2. The second-order valence-corrected chi connectivity index (χ2v) is 4.03. The molecule has 2 N–H and O–H groups in total. The molecule has 0 aliphatic rings. The first kappa shape index (κ1) is 13.8. The molecule has 1 heterocycles. The summed E-state index contributed by atoms with van der Waals surface area (Å²) in [6.45, 7) is 2.56. The Morgan fingerprint density at radius 3 is 2.55 bits per heavy atom. The number of anilines is 1. The highest BCUT2D eigenvalue weighted by Crippen LogP contribution is 2.21. The average molecular weight is 273 g/mol. The molecular weight excluding hydrogens is 258 g/mol. The predicted molar refractivity (Wildman–Crippen MR) is 75.1 cm³/mol. The topological polar surface area (TPSA) is 84.3 Å². The van der Waals surface area contributed by atoms with Crippen LogP contribution < -0.4 is 10.1 Å². The van der Waals surface area contributed by atoms with Crippen molar-refractivity contribution < 1.29 is 14.6 Å². The minimum Gasteiger partial charge on any atom is -0.497 e. The summed E-state index contributed by atoms with van der Waals surface area (Å²) >= 11 is 0. The molecule has 0 unspecified atom stereocenters. The number of methoxy groups -OCH3 is 1. The molecule has 0 radical (unpaired) electrons. The number of carbonyl (C=O) groups is 1. The second kappa shape index (κ2) is 6.01. The monoisotopic (exact) mass is 273 g/mol. The molecule has 0 fully saturated rings. The number of rotatable bonds is 5. The fourth-order valence-corrected chi connectivity index (χ4v) is 1.70. The molecule has 20 heavy (non-hydrogen) atoms. The molecule has 6 nitrogen and oxygen atoms in total. The molecule has 0 saturated heterocycles. The third-order valence-electron chi connectivity index (χ3n) is 2.65. The van der Waals surface area contributed by atoms with E-state index >= 15 is 0 Å². The third kappa shape index (κ3) is 3.03. The Hall–Kier alpha value is -2.63. The molecule has 1 aromatic carbocycles.